The van der Waals surface area contributed by atoms with Gasteiger partial charge in [0.1, 0.15) is 5.69 Å². The second kappa shape index (κ2) is 6.08. The van der Waals surface area contributed by atoms with Gasteiger partial charge in [-0.1, -0.05) is 0 Å². The summed E-state index contributed by atoms with van der Waals surface area (Å²) in [6.07, 6.45) is 0.162. The molecule has 1 aromatic heterocycles. The van der Waals surface area contributed by atoms with Gasteiger partial charge in [0.05, 0.1) is 19.6 Å². The maximum absolute atomic E-state index is 11.5. The molecule has 0 aliphatic rings. The summed E-state index contributed by atoms with van der Waals surface area (Å²) < 4.78 is 9.71. The molecule has 1 N–H and O–H groups in total. The van der Waals surface area contributed by atoms with Crippen molar-refractivity contribution < 1.29 is 19.1 Å². The molecule has 0 radical (unpaired) electrons. The van der Waals surface area contributed by atoms with Crippen LogP contribution in [0.1, 0.15) is 35.6 Å². The van der Waals surface area contributed by atoms with E-state index in [2.05, 4.69) is 4.98 Å². The summed E-state index contributed by atoms with van der Waals surface area (Å²) in [7, 11) is 0. The minimum atomic E-state index is -0.411. The first-order valence-electron chi connectivity index (χ1n) is 5.59. The van der Waals surface area contributed by atoms with Crippen molar-refractivity contribution in [2.45, 2.75) is 27.2 Å². The predicted octanol–water partition coefficient (Wildman–Crippen LogP) is 1.61. The highest BCUT2D eigenvalue weighted by Gasteiger charge is 2.14. The first-order valence-corrected chi connectivity index (χ1v) is 5.59. The summed E-state index contributed by atoms with van der Waals surface area (Å²) in [5.41, 5.74) is 1.90. The number of rotatable bonds is 5. The van der Waals surface area contributed by atoms with Crippen LogP contribution in [0.5, 0.6) is 0 Å². The molecule has 0 fully saturated rings. The fourth-order valence-corrected chi connectivity index (χ4v) is 1.47. The molecule has 0 saturated heterocycles. The third-order valence-electron chi connectivity index (χ3n) is 2.26. The summed E-state index contributed by atoms with van der Waals surface area (Å²) in [6.45, 7) is 5.98. The number of carbonyl (C=O) groups is 2. The smallest absolute Gasteiger partial charge is 0.354 e. The van der Waals surface area contributed by atoms with Gasteiger partial charge in [0.15, 0.2) is 0 Å². The van der Waals surface area contributed by atoms with Crippen molar-refractivity contribution in [3.05, 3.63) is 23.0 Å². The number of nitrogens with one attached hydrogen (secondary N) is 1. The van der Waals surface area contributed by atoms with Crippen molar-refractivity contribution in [1.29, 1.82) is 0 Å². The summed E-state index contributed by atoms with van der Waals surface area (Å²) in [5, 5.41) is 0. The number of esters is 2. The average Bonchev–Trinajstić information content (AvgIpc) is 2.61. The number of ether oxygens (including phenoxy) is 2. The van der Waals surface area contributed by atoms with E-state index >= 15 is 0 Å². The lowest BCUT2D eigenvalue weighted by atomic mass is 10.2. The maximum atomic E-state index is 11.5. The highest BCUT2D eigenvalue weighted by atomic mass is 16.5. The Bertz CT molecular complexity index is 409. The van der Waals surface area contributed by atoms with Crippen molar-refractivity contribution in [3.63, 3.8) is 0 Å². The van der Waals surface area contributed by atoms with Crippen LogP contribution >= 0.6 is 0 Å². The molecule has 0 atom stereocenters. The minimum absolute atomic E-state index is 0.162. The standard InChI is InChI=1S/C12H17NO4/c1-4-16-11(14)7-9-6-10(13-8(9)3)12(15)17-5-2/h6,13H,4-5,7H2,1-3H3. The lowest BCUT2D eigenvalue weighted by Gasteiger charge is -2.00. The minimum Gasteiger partial charge on any atom is -0.466 e. The molecule has 17 heavy (non-hydrogen) atoms. The van der Waals surface area contributed by atoms with Gasteiger partial charge in [-0.05, 0) is 32.4 Å². The van der Waals surface area contributed by atoms with Crippen LogP contribution in [-0.2, 0) is 20.7 Å². The molecule has 5 heteroatoms. The van der Waals surface area contributed by atoms with Gasteiger partial charge in [-0.15, -0.1) is 0 Å². The van der Waals surface area contributed by atoms with Gasteiger partial charge >= 0.3 is 11.9 Å². The van der Waals surface area contributed by atoms with E-state index in [-0.39, 0.29) is 12.4 Å². The van der Waals surface area contributed by atoms with Crippen molar-refractivity contribution in [2.75, 3.05) is 13.2 Å². The maximum Gasteiger partial charge on any atom is 0.354 e. The van der Waals surface area contributed by atoms with Crippen molar-refractivity contribution >= 4 is 11.9 Å². The third kappa shape index (κ3) is 3.62. The Labute approximate surface area is 100 Å². The van der Waals surface area contributed by atoms with E-state index in [1.165, 1.54) is 0 Å². The molecule has 0 aliphatic heterocycles. The zero-order chi connectivity index (χ0) is 12.8. The molecule has 0 spiro atoms. The predicted molar refractivity (Wildman–Crippen MR) is 61.8 cm³/mol. The molecular formula is C12H17NO4. The van der Waals surface area contributed by atoms with Gasteiger partial charge in [0.2, 0.25) is 0 Å². The Morgan fingerprint density at radius 3 is 2.47 bits per heavy atom. The van der Waals surface area contributed by atoms with E-state index in [0.717, 1.165) is 11.3 Å². The Balaban J connectivity index is 2.74. The second-order valence-electron chi connectivity index (χ2n) is 3.54. The average molecular weight is 239 g/mol. The number of aromatic amines is 1. The van der Waals surface area contributed by atoms with Gasteiger partial charge in [0, 0.05) is 5.69 Å². The van der Waals surface area contributed by atoms with E-state index in [0.29, 0.717) is 18.9 Å². The molecular weight excluding hydrogens is 222 g/mol. The quantitative estimate of drug-likeness (QED) is 0.792. The van der Waals surface area contributed by atoms with Crippen LogP contribution < -0.4 is 0 Å². The fraction of sp³-hybridized carbons (Fsp3) is 0.500. The second-order valence-corrected chi connectivity index (χ2v) is 3.54. The fourth-order valence-electron chi connectivity index (χ4n) is 1.47. The van der Waals surface area contributed by atoms with E-state index in [9.17, 15) is 9.59 Å². The number of aryl methyl sites for hydroxylation is 1. The van der Waals surface area contributed by atoms with Crippen LogP contribution in [0.2, 0.25) is 0 Å². The number of aromatic nitrogens is 1. The van der Waals surface area contributed by atoms with Crippen LogP contribution in [-0.4, -0.2) is 30.1 Å². The number of carbonyl (C=O) groups excluding carboxylic acids is 2. The number of H-pyrrole nitrogens is 1. The van der Waals surface area contributed by atoms with Gasteiger partial charge in [0.25, 0.3) is 0 Å². The van der Waals surface area contributed by atoms with Crippen LogP contribution in [0.3, 0.4) is 0 Å². The Hall–Kier alpha value is -1.78. The first-order chi connectivity index (χ1) is 8.08. The van der Waals surface area contributed by atoms with Crippen molar-refractivity contribution in [1.82, 2.24) is 4.98 Å². The Kier molecular flexibility index (Phi) is 4.75. The molecule has 5 nitrogen and oxygen atoms in total. The van der Waals surface area contributed by atoms with Gasteiger partial charge < -0.3 is 14.5 Å². The van der Waals surface area contributed by atoms with Crippen molar-refractivity contribution in [3.8, 4) is 0 Å². The summed E-state index contributed by atoms with van der Waals surface area (Å²) in [4.78, 5) is 25.7. The van der Waals surface area contributed by atoms with E-state index in [1.54, 1.807) is 26.8 Å². The molecule has 0 bridgehead atoms. The highest BCUT2D eigenvalue weighted by molar-refractivity contribution is 5.88. The molecule has 94 valence electrons. The topological polar surface area (TPSA) is 68.4 Å². The summed E-state index contributed by atoms with van der Waals surface area (Å²) in [5.74, 6) is -0.712. The van der Waals surface area contributed by atoms with E-state index in [1.807, 2.05) is 0 Å². The summed E-state index contributed by atoms with van der Waals surface area (Å²) >= 11 is 0. The zero-order valence-electron chi connectivity index (χ0n) is 10.3. The SMILES string of the molecule is CCOC(=O)Cc1cc(C(=O)OCC)[nH]c1C. The molecule has 0 unspecified atom stereocenters. The van der Waals surface area contributed by atoms with Crippen LogP contribution in [0, 0.1) is 6.92 Å². The zero-order valence-corrected chi connectivity index (χ0v) is 10.3. The largest absolute Gasteiger partial charge is 0.466 e. The van der Waals surface area contributed by atoms with Gasteiger partial charge in [-0.2, -0.15) is 0 Å². The van der Waals surface area contributed by atoms with Gasteiger partial charge in [-0.25, -0.2) is 4.79 Å². The molecule has 0 aliphatic carbocycles. The van der Waals surface area contributed by atoms with Gasteiger partial charge in [-0.3, -0.25) is 4.79 Å². The van der Waals surface area contributed by atoms with E-state index < -0.39 is 5.97 Å². The molecule has 0 amide bonds. The monoisotopic (exact) mass is 239 g/mol. The highest BCUT2D eigenvalue weighted by Crippen LogP contribution is 2.12. The summed E-state index contributed by atoms with van der Waals surface area (Å²) in [6, 6.07) is 1.63. The third-order valence-corrected chi connectivity index (χ3v) is 2.26. The van der Waals surface area contributed by atoms with E-state index in [4.69, 9.17) is 9.47 Å². The Morgan fingerprint density at radius 1 is 1.24 bits per heavy atom. The molecule has 0 aromatic carbocycles. The number of hydrogen-bond acceptors (Lipinski definition) is 4. The normalized spacial score (nSPS) is 10.1. The number of hydrogen-bond donors (Lipinski definition) is 1. The molecule has 0 saturated carbocycles. The first kappa shape index (κ1) is 13.3. The molecule has 1 aromatic rings. The Morgan fingerprint density at radius 2 is 1.88 bits per heavy atom. The van der Waals surface area contributed by atoms with Crippen molar-refractivity contribution in [2.24, 2.45) is 0 Å². The van der Waals surface area contributed by atoms with Crippen LogP contribution in [0.15, 0.2) is 6.07 Å². The molecule has 1 heterocycles. The lowest BCUT2D eigenvalue weighted by molar-refractivity contribution is -0.142. The van der Waals surface area contributed by atoms with Crippen LogP contribution in [0.25, 0.3) is 0 Å². The lowest BCUT2D eigenvalue weighted by Crippen LogP contribution is -2.07. The van der Waals surface area contributed by atoms with Crippen LogP contribution in [0.4, 0.5) is 0 Å². The molecule has 1 rings (SSSR count).